The van der Waals surface area contributed by atoms with Crippen molar-refractivity contribution in [3.63, 3.8) is 0 Å². The van der Waals surface area contributed by atoms with Gasteiger partial charge in [0.05, 0.1) is 26.2 Å². The molecule has 5 nitrogen and oxygen atoms in total. The topological polar surface area (TPSA) is 79.6 Å². The zero-order valence-corrected chi connectivity index (χ0v) is 12.3. The molecule has 0 aromatic carbocycles. The van der Waals surface area contributed by atoms with Crippen molar-refractivity contribution in [2.75, 3.05) is 26.2 Å². The summed E-state index contributed by atoms with van der Waals surface area (Å²) in [5.74, 6) is 0. The summed E-state index contributed by atoms with van der Waals surface area (Å²) < 4.78 is 31.3. The molecule has 0 aromatic heterocycles. The van der Waals surface area contributed by atoms with Crippen LogP contribution in [0.2, 0.25) is 0 Å². The number of hydrogen-bond donors (Lipinski definition) is 0. The minimum Gasteiger partial charge on any atom is 0 e. The van der Waals surface area contributed by atoms with Crippen LogP contribution in [0.3, 0.4) is 0 Å². The van der Waals surface area contributed by atoms with Crippen molar-refractivity contribution in [2.24, 2.45) is 0 Å². The van der Waals surface area contributed by atoms with E-state index in [4.69, 9.17) is 18.6 Å². The van der Waals surface area contributed by atoms with E-state index in [9.17, 15) is 0 Å². The molecule has 0 unspecified atom stereocenters. The first-order valence-electron chi connectivity index (χ1n) is 4.91. The summed E-state index contributed by atoms with van der Waals surface area (Å²) in [4.78, 5) is 0. The van der Waals surface area contributed by atoms with Gasteiger partial charge in [-0.3, -0.25) is 0 Å². The van der Waals surface area contributed by atoms with Crippen molar-refractivity contribution < 1.29 is 39.9 Å². The first-order chi connectivity index (χ1) is 8.24. The molecule has 105 valence electrons. The van der Waals surface area contributed by atoms with Crippen LogP contribution in [0.25, 0.3) is 0 Å². The molecule has 0 fully saturated rings. The molecule has 0 aliphatic rings. The molecule has 0 bridgehead atoms. The van der Waals surface area contributed by atoms with E-state index in [1.54, 1.807) is 0 Å². The SMILES string of the molecule is CC[N+](CC)(CC)CC.[C-]#[O+].[C-]#[O+].[C-]#[O+].[C-]#[O+].[Co]. The van der Waals surface area contributed by atoms with Crippen LogP contribution in [0.1, 0.15) is 27.7 Å². The van der Waals surface area contributed by atoms with E-state index in [0.717, 1.165) is 0 Å². The molecule has 0 heterocycles. The van der Waals surface area contributed by atoms with Gasteiger partial charge in [-0.2, -0.15) is 0 Å². The number of hydrogen-bond acceptors (Lipinski definition) is 0. The van der Waals surface area contributed by atoms with Crippen LogP contribution in [0.4, 0.5) is 0 Å². The third-order valence-electron chi connectivity index (χ3n) is 2.68. The Labute approximate surface area is 121 Å². The van der Waals surface area contributed by atoms with E-state index in [-0.39, 0.29) is 16.8 Å². The zero-order chi connectivity index (χ0) is 15.3. The van der Waals surface area contributed by atoms with Gasteiger partial charge in [0.2, 0.25) is 0 Å². The molecule has 0 aromatic rings. The van der Waals surface area contributed by atoms with E-state index >= 15 is 0 Å². The zero-order valence-electron chi connectivity index (χ0n) is 11.2. The van der Waals surface area contributed by atoms with Crippen LogP contribution in [0, 0.1) is 26.6 Å². The molecule has 0 spiro atoms. The molecule has 0 aliphatic heterocycles. The van der Waals surface area contributed by atoms with Crippen LogP contribution in [0.15, 0.2) is 0 Å². The maximum atomic E-state index is 7.50. The van der Waals surface area contributed by atoms with Crippen molar-refractivity contribution in [3.05, 3.63) is 26.6 Å². The summed E-state index contributed by atoms with van der Waals surface area (Å²) in [7, 11) is 0. The Hall–Kier alpha value is -0.574. The van der Waals surface area contributed by atoms with E-state index in [0.29, 0.717) is 0 Å². The first kappa shape index (κ1) is 36.0. The Balaban J connectivity index is -0.0000000342. The number of nitrogens with zero attached hydrogens (tertiary/aromatic N) is 1. The van der Waals surface area contributed by atoms with E-state index in [2.05, 4.69) is 54.3 Å². The summed E-state index contributed by atoms with van der Waals surface area (Å²) in [6.45, 7) is 32.2. The fraction of sp³-hybridized carbons (Fsp3) is 0.667. The number of rotatable bonds is 4. The van der Waals surface area contributed by atoms with E-state index in [1.165, 1.54) is 30.7 Å². The van der Waals surface area contributed by atoms with Crippen molar-refractivity contribution in [1.82, 2.24) is 0 Å². The summed E-state index contributed by atoms with van der Waals surface area (Å²) in [5, 5.41) is 0. The van der Waals surface area contributed by atoms with Crippen molar-refractivity contribution >= 4 is 0 Å². The predicted octanol–water partition coefficient (Wildman–Crippen LogP) is 1.73. The molecule has 0 saturated heterocycles. The second-order valence-corrected chi connectivity index (χ2v) is 2.61. The average molecular weight is 301 g/mol. The van der Waals surface area contributed by atoms with Gasteiger partial charge in [-0.15, -0.1) is 0 Å². The molecule has 0 saturated carbocycles. The maximum absolute atomic E-state index is 7.50. The standard InChI is InChI=1S/C8H20N.4CO.Co/c1-5-9(6-2,7-3)8-4;4*1-2;/h5-8H2,1-4H3;;;;;/q+1;;;;;. The smallest absolute Gasteiger partial charge is 0 e. The summed E-state index contributed by atoms with van der Waals surface area (Å²) in [5.41, 5.74) is 0. The minimum absolute atomic E-state index is 0. The Kier molecular flexibility index (Phi) is 88.0. The van der Waals surface area contributed by atoms with Gasteiger partial charge in [0, 0.05) is 16.8 Å². The summed E-state index contributed by atoms with van der Waals surface area (Å²) >= 11 is 0. The summed E-state index contributed by atoms with van der Waals surface area (Å²) in [6.07, 6.45) is 0. The second-order valence-electron chi connectivity index (χ2n) is 2.61. The molecule has 0 N–H and O–H groups in total. The molecule has 0 aliphatic carbocycles. The average Bonchev–Trinajstić information content (AvgIpc) is 2.50. The molecule has 0 atom stereocenters. The molecule has 1 radical (unpaired) electrons. The van der Waals surface area contributed by atoms with Crippen molar-refractivity contribution in [2.45, 2.75) is 27.7 Å². The van der Waals surface area contributed by atoms with Crippen molar-refractivity contribution in [3.8, 4) is 0 Å². The number of quaternary nitrogens is 1. The molecule has 0 amide bonds. The molecule has 0 rings (SSSR count). The minimum atomic E-state index is 0. The monoisotopic (exact) mass is 301 g/mol. The van der Waals surface area contributed by atoms with E-state index in [1.807, 2.05) is 0 Å². The largest absolute Gasteiger partial charge is 0 e. The normalized spacial score (nSPS) is 6.44. The van der Waals surface area contributed by atoms with Crippen molar-refractivity contribution in [1.29, 1.82) is 0 Å². The van der Waals surface area contributed by atoms with Crippen LogP contribution in [-0.4, -0.2) is 30.7 Å². The molecular formula is C12H20CoNO4+. The van der Waals surface area contributed by atoms with Gasteiger partial charge < -0.3 is 4.48 Å². The quantitative estimate of drug-likeness (QED) is 0.430. The predicted molar refractivity (Wildman–Crippen MR) is 58.1 cm³/mol. The third kappa shape index (κ3) is 24.6. The Morgan fingerprint density at radius 2 is 0.667 bits per heavy atom. The van der Waals surface area contributed by atoms with Crippen LogP contribution >= 0.6 is 0 Å². The summed E-state index contributed by atoms with van der Waals surface area (Å²) in [6, 6.07) is 0. The van der Waals surface area contributed by atoms with Gasteiger partial charge in [0.15, 0.2) is 0 Å². The molecule has 18 heavy (non-hydrogen) atoms. The van der Waals surface area contributed by atoms with Gasteiger partial charge >= 0.3 is 45.2 Å². The Morgan fingerprint density at radius 3 is 0.667 bits per heavy atom. The Bertz CT molecular complexity index is 154. The second kappa shape index (κ2) is 44.0. The van der Waals surface area contributed by atoms with Crippen LogP contribution in [0.5, 0.6) is 0 Å². The van der Waals surface area contributed by atoms with Crippen LogP contribution < -0.4 is 0 Å². The van der Waals surface area contributed by atoms with Gasteiger partial charge in [0.1, 0.15) is 0 Å². The van der Waals surface area contributed by atoms with Gasteiger partial charge in [-0.1, -0.05) is 0 Å². The molecular weight excluding hydrogens is 281 g/mol. The molecule has 6 heteroatoms. The maximum Gasteiger partial charge on any atom is 0 e. The fourth-order valence-electron chi connectivity index (χ4n) is 1.34. The van der Waals surface area contributed by atoms with Gasteiger partial charge in [-0.25, -0.2) is 0 Å². The third-order valence-corrected chi connectivity index (χ3v) is 2.68. The van der Waals surface area contributed by atoms with E-state index < -0.39 is 0 Å². The Morgan fingerprint density at radius 1 is 0.556 bits per heavy atom. The first-order valence-corrected chi connectivity index (χ1v) is 4.91. The van der Waals surface area contributed by atoms with Gasteiger partial charge in [-0.05, 0) is 27.7 Å². The van der Waals surface area contributed by atoms with Gasteiger partial charge in [0.25, 0.3) is 0 Å². The van der Waals surface area contributed by atoms with Crippen LogP contribution in [-0.2, 0) is 35.4 Å². The fourth-order valence-corrected chi connectivity index (χ4v) is 1.34.